The number of halogens is 2. The highest BCUT2D eigenvalue weighted by Crippen LogP contribution is 2.24. The Morgan fingerprint density at radius 3 is 2.30 bits per heavy atom. The maximum atomic E-state index is 12.8. The largest absolute Gasteiger partial charge is 0.244 e. The molecule has 3 nitrogen and oxygen atoms in total. The lowest BCUT2D eigenvalue weighted by molar-refractivity contribution is 0.466. The molecule has 0 heterocycles. The lowest BCUT2D eigenvalue weighted by Crippen LogP contribution is -2.26. The van der Waals surface area contributed by atoms with Crippen LogP contribution in [0.4, 0.5) is 4.39 Å². The van der Waals surface area contributed by atoms with Gasteiger partial charge >= 0.3 is 0 Å². The number of hydrogen-bond donors (Lipinski definition) is 0. The van der Waals surface area contributed by atoms with E-state index in [1.807, 2.05) is 0 Å². The Bertz CT molecular complexity index is 701. The van der Waals surface area contributed by atoms with Gasteiger partial charge in [-0.1, -0.05) is 24.3 Å². The molecule has 0 fully saturated rings. The van der Waals surface area contributed by atoms with Crippen molar-refractivity contribution in [1.29, 1.82) is 0 Å². The van der Waals surface area contributed by atoms with Crippen molar-refractivity contribution in [3.8, 4) is 0 Å². The van der Waals surface area contributed by atoms with E-state index in [0.717, 1.165) is 5.56 Å². The van der Waals surface area contributed by atoms with Gasteiger partial charge in [0.2, 0.25) is 10.0 Å². The predicted octanol–water partition coefficient (Wildman–Crippen LogP) is 3.41. The lowest BCUT2D eigenvalue weighted by atomic mass is 10.2. The maximum absolute atomic E-state index is 12.8. The standard InChI is InChI=1S/C14H13BrFNO2S/c1-17(10-11-6-8-12(16)9-7-11)20(18,19)14-5-3-2-4-13(14)15/h2-9H,10H2,1H3. The van der Waals surface area contributed by atoms with Gasteiger partial charge in [-0.25, -0.2) is 12.8 Å². The van der Waals surface area contributed by atoms with E-state index in [1.54, 1.807) is 36.4 Å². The zero-order valence-electron chi connectivity index (χ0n) is 10.8. The Kier molecular flexibility index (Phi) is 4.57. The van der Waals surface area contributed by atoms with E-state index >= 15 is 0 Å². The molecule has 0 aliphatic rings. The van der Waals surface area contributed by atoms with Crippen LogP contribution in [0.2, 0.25) is 0 Å². The maximum Gasteiger partial charge on any atom is 0.244 e. The molecule has 0 aromatic heterocycles. The van der Waals surface area contributed by atoms with Crippen molar-refractivity contribution in [3.05, 3.63) is 64.4 Å². The Labute approximate surface area is 126 Å². The van der Waals surface area contributed by atoms with Crippen LogP contribution in [-0.4, -0.2) is 19.8 Å². The second kappa shape index (κ2) is 6.03. The van der Waals surface area contributed by atoms with Gasteiger partial charge in [-0.2, -0.15) is 4.31 Å². The van der Waals surface area contributed by atoms with E-state index < -0.39 is 10.0 Å². The molecule has 0 saturated carbocycles. The number of rotatable bonds is 4. The lowest BCUT2D eigenvalue weighted by Gasteiger charge is -2.18. The molecule has 0 N–H and O–H groups in total. The van der Waals surface area contributed by atoms with Crippen molar-refractivity contribution < 1.29 is 12.8 Å². The van der Waals surface area contributed by atoms with Crippen LogP contribution in [0.5, 0.6) is 0 Å². The van der Waals surface area contributed by atoms with Gasteiger partial charge in [0, 0.05) is 18.1 Å². The van der Waals surface area contributed by atoms with Gasteiger partial charge in [-0.3, -0.25) is 0 Å². The van der Waals surface area contributed by atoms with Gasteiger partial charge in [-0.05, 0) is 45.8 Å². The third-order valence-corrected chi connectivity index (χ3v) is 5.66. The average Bonchev–Trinajstić information content (AvgIpc) is 2.41. The first-order chi connectivity index (χ1) is 9.41. The number of hydrogen-bond acceptors (Lipinski definition) is 2. The van der Waals surface area contributed by atoms with Gasteiger partial charge in [0.25, 0.3) is 0 Å². The van der Waals surface area contributed by atoms with Gasteiger partial charge in [-0.15, -0.1) is 0 Å². The van der Waals surface area contributed by atoms with Gasteiger partial charge in [0.15, 0.2) is 0 Å². The van der Waals surface area contributed by atoms with Crippen LogP contribution in [0.25, 0.3) is 0 Å². The molecule has 0 saturated heterocycles. The summed E-state index contributed by atoms with van der Waals surface area (Å²) in [6.45, 7) is 0.184. The molecule has 0 aliphatic heterocycles. The minimum Gasteiger partial charge on any atom is -0.207 e. The third-order valence-electron chi connectivity index (χ3n) is 2.84. The van der Waals surface area contributed by atoms with Crippen LogP contribution in [0.15, 0.2) is 57.9 Å². The minimum absolute atomic E-state index is 0.184. The first-order valence-electron chi connectivity index (χ1n) is 5.86. The van der Waals surface area contributed by atoms with E-state index in [0.29, 0.717) is 4.47 Å². The first kappa shape index (κ1) is 15.2. The fourth-order valence-electron chi connectivity index (χ4n) is 1.75. The van der Waals surface area contributed by atoms with Crippen LogP contribution < -0.4 is 0 Å². The highest BCUT2D eigenvalue weighted by atomic mass is 79.9. The van der Waals surface area contributed by atoms with E-state index in [9.17, 15) is 12.8 Å². The SMILES string of the molecule is CN(Cc1ccc(F)cc1)S(=O)(=O)c1ccccc1Br. The summed E-state index contributed by atoms with van der Waals surface area (Å²) in [5, 5.41) is 0. The Morgan fingerprint density at radius 2 is 1.70 bits per heavy atom. The molecule has 0 unspecified atom stereocenters. The van der Waals surface area contributed by atoms with Crippen LogP contribution in [0.3, 0.4) is 0 Å². The zero-order chi connectivity index (χ0) is 14.8. The van der Waals surface area contributed by atoms with Crippen LogP contribution in [0.1, 0.15) is 5.56 Å². The molecule has 0 spiro atoms. The molecule has 0 bridgehead atoms. The highest BCUT2D eigenvalue weighted by molar-refractivity contribution is 9.10. The van der Waals surface area contributed by atoms with Crippen LogP contribution in [0, 0.1) is 5.82 Å². The molecule has 0 radical (unpaired) electrons. The zero-order valence-corrected chi connectivity index (χ0v) is 13.2. The second-order valence-corrected chi connectivity index (χ2v) is 7.19. The van der Waals surface area contributed by atoms with E-state index in [1.165, 1.54) is 23.5 Å². The summed E-state index contributed by atoms with van der Waals surface area (Å²) in [6.07, 6.45) is 0. The second-order valence-electron chi connectivity index (χ2n) is 4.32. The fourth-order valence-corrected chi connectivity index (χ4v) is 3.87. The summed E-state index contributed by atoms with van der Waals surface area (Å²) in [4.78, 5) is 0.213. The summed E-state index contributed by atoms with van der Waals surface area (Å²) in [5.74, 6) is -0.343. The number of benzene rings is 2. The molecule has 2 aromatic rings. The predicted molar refractivity (Wildman–Crippen MR) is 79.2 cm³/mol. The van der Waals surface area contributed by atoms with Crippen molar-refractivity contribution >= 4 is 26.0 Å². The summed E-state index contributed by atoms with van der Waals surface area (Å²) < 4.78 is 39.5. The van der Waals surface area contributed by atoms with Crippen LogP contribution in [-0.2, 0) is 16.6 Å². The van der Waals surface area contributed by atoms with Crippen molar-refractivity contribution in [2.24, 2.45) is 0 Å². The normalized spacial score (nSPS) is 11.8. The Balaban J connectivity index is 2.26. The molecule has 106 valence electrons. The monoisotopic (exact) mass is 357 g/mol. The van der Waals surface area contributed by atoms with E-state index in [4.69, 9.17) is 0 Å². The summed E-state index contributed by atoms with van der Waals surface area (Å²) >= 11 is 3.24. The fraction of sp³-hybridized carbons (Fsp3) is 0.143. The van der Waals surface area contributed by atoms with Gasteiger partial charge in [0.1, 0.15) is 5.82 Å². The van der Waals surface area contributed by atoms with Crippen molar-refractivity contribution in [1.82, 2.24) is 4.31 Å². The molecule has 20 heavy (non-hydrogen) atoms. The minimum atomic E-state index is -3.59. The van der Waals surface area contributed by atoms with E-state index in [2.05, 4.69) is 15.9 Å². The Hall–Kier alpha value is -1.24. The van der Waals surface area contributed by atoms with E-state index in [-0.39, 0.29) is 17.3 Å². The van der Waals surface area contributed by atoms with Crippen molar-refractivity contribution in [2.45, 2.75) is 11.4 Å². The topological polar surface area (TPSA) is 37.4 Å². The molecule has 2 rings (SSSR count). The summed E-state index contributed by atoms with van der Waals surface area (Å²) in [5.41, 5.74) is 0.726. The molecular weight excluding hydrogens is 345 g/mol. The van der Waals surface area contributed by atoms with Crippen LogP contribution >= 0.6 is 15.9 Å². The summed E-state index contributed by atoms with van der Waals surface area (Å²) in [7, 11) is -2.09. The molecule has 6 heteroatoms. The smallest absolute Gasteiger partial charge is 0.207 e. The van der Waals surface area contributed by atoms with Gasteiger partial charge < -0.3 is 0 Å². The first-order valence-corrected chi connectivity index (χ1v) is 8.10. The number of nitrogens with zero attached hydrogens (tertiary/aromatic N) is 1. The molecule has 0 amide bonds. The molecule has 2 aromatic carbocycles. The summed E-state index contributed by atoms with van der Waals surface area (Å²) in [6, 6.07) is 12.4. The highest BCUT2D eigenvalue weighted by Gasteiger charge is 2.22. The van der Waals surface area contributed by atoms with Gasteiger partial charge in [0.05, 0.1) is 4.90 Å². The quantitative estimate of drug-likeness (QED) is 0.840. The van der Waals surface area contributed by atoms with Crippen molar-refractivity contribution in [3.63, 3.8) is 0 Å². The third kappa shape index (κ3) is 3.26. The average molecular weight is 358 g/mol. The Morgan fingerprint density at radius 1 is 1.10 bits per heavy atom. The number of sulfonamides is 1. The molecular formula is C14H13BrFNO2S. The van der Waals surface area contributed by atoms with Crippen molar-refractivity contribution in [2.75, 3.05) is 7.05 Å². The molecule has 0 atom stereocenters. The molecule has 0 aliphatic carbocycles.